The molecule has 5 nitrogen and oxygen atoms in total. The summed E-state index contributed by atoms with van der Waals surface area (Å²) in [6.45, 7) is 4.55. The van der Waals surface area contributed by atoms with Crippen LogP contribution in [0.15, 0.2) is 49.3 Å². The van der Waals surface area contributed by atoms with Gasteiger partial charge in [0.05, 0.1) is 12.2 Å². The number of anilines is 1. The van der Waals surface area contributed by atoms with E-state index in [-0.39, 0.29) is 12.1 Å². The maximum absolute atomic E-state index is 12.8. The summed E-state index contributed by atoms with van der Waals surface area (Å²) in [5.74, 6) is 0. The van der Waals surface area contributed by atoms with Crippen molar-refractivity contribution in [3.05, 3.63) is 60.4 Å². The molecule has 0 bridgehead atoms. The monoisotopic (exact) mass is 324 g/mol. The van der Waals surface area contributed by atoms with Crippen LogP contribution in [-0.2, 0) is 13.5 Å². The molecule has 24 heavy (non-hydrogen) atoms. The minimum Gasteiger partial charge on any atom is -0.317 e. The Morgan fingerprint density at radius 3 is 3.04 bits per heavy atom. The molecule has 1 saturated heterocycles. The third-order valence-electron chi connectivity index (χ3n) is 4.50. The lowest BCUT2D eigenvalue weighted by Crippen LogP contribution is -2.34. The van der Waals surface area contributed by atoms with Crippen LogP contribution >= 0.6 is 0 Å². The van der Waals surface area contributed by atoms with Gasteiger partial charge in [-0.05, 0) is 37.3 Å². The second-order valence-electron chi connectivity index (χ2n) is 6.21. The molecule has 2 heterocycles. The average Bonchev–Trinajstić information content (AvgIpc) is 3.22. The van der Waals surface area contributed by atoms with Gasteiger partial charge in [0.25, 0.3) is 0 Å². The van der Waals surface area contributed by atoms with E-state index in [1.165, 1.54) is 0 Å². The zero-order valence-electron chi connectivity index (χ0n) is 14.1. The molecule has 3 rings (SSSR count). The fourth-order valence-electron chi connectivity index (χ4n) is 3.27. The number of hydrogen-bond acceptors (Lipinski definition) is 2. The number of hydrogen-bond donors (Lipinski definition) is 1. The first-order valence-corrected chi connectivity index (χ1v) is 8.44. The number of rotatable bonds is 5. The maximum Gasteiger partial charge on any atom is 0.322 e. The molecule has 0 saturated carbocycles. The number of aromatic nitrogens is 2. The molecule has 1 aliphatic heterocycles. The number of nitrogens with one attached hydrogen (secondary N) is 1. The number of aryl methyl sites for hydroxylation is 2. The number of nitrogens with zero attached hydrogens (tertiary/aromatic N) is 3. The number of allylic oxidation sites excluding steroid dienone is 1. The van der Waals surface area contributed by atoms with E-state index in [0.29, 0.717) is 0 Å². The van der Waals surface area contributed by atoms with Crippen molar-refractivity contribution in [2.45, 2.75) is 31.7 Å². The predicted molar refractivity (Wildman–Crippen MR) is 95.9 cm³/mol. The molecule has 1 N–H and O–H groups in total. The largest absolute Gasteiger partial charge is 0.322 e. The maximum atomic E-state index is 12.8. The Morgan fingerprint density at radius 2 is 2.29 bits per heavy atom. The third-order valence-corrected chi connectivity index (χ3v) is 4.50. The highest BCUT2D eigenvalue weighted by atomic mass is 16.2. The van der Waals surface area contributed by atoms with Gasteiger partial charge in [-0.25, -0.2) is 4.79 Å². The number of carbonyl (C=O) groups excluding carboxylic acids is 1. The minimum atomic E-state index is -0.0348. The fourth-order valence-corrected chi connectivity index (χ4v) is 3.27. The van der Waals surface area contributed by atoms with Crippen molar-refractivity contribution in [1.29, 1.82) is 0 Å². The summed E-state index contributed by atoms with van der Waals surface area (Å²) in [5, 5.41) is 7.33. The van der Waals surface area contributed by atoms with Crippen molar-refractivity contribution in [2.75, 3.05) is 11.9 Å². The van der Waals surface area contributed by atoms with Gasteiger partial charge in [-0.15, -0.1) is 6.58 Å². The Hall–Kier alpha value is -2.56. The Bertz CT molecular complexity index is 722. The molecule has 126 valence electrons. The standard InChI is InChI=1S/C19H24N4O/c1-3-4-8-15-9-5-6-10-17(15)21-19(24)23-12-7-11-18(23)16-13-20-22(2)14-16/h3,5-6,9-10,13-14,18H,1,4,7-8,11-12H2,2H3,(H,21,24). The molecule has 0 radical (unpaired) electrons. The summed E-state index contributed by atoms with van der Waals surface area (Å²) in [5.41, 5.74) is 3.13. The van der Waals surface area contributed by atoms with E-state index < -0.39 is 0 Å². The van der Waals surface area contributed by atoms with Crippen molar-refractivity contribution in [2.24, 2.45) is 7.05 Å². The second-order valence-corrected chi connectivity index (χ2v) is 6.21. The molecular formula is C19H24N4O. The first-order valence-electron chi connectivity index (χ1n) is 8.44. The topological polar surface area (TPSA) is 50.2 Å². The van der Waals surface area contributed by atoms with Crippen LogP contribution in [0.1, 0.15) is 36.4 Å². The predicted octanol–water partition coefficient (Wildman–Crippen LogP) is 3.91. The summed E-state index contributed by atoms with van der Waals surface area (Å²) >= 11 is 0. The molecule has 2 aromatic rings. The SMILES string of the molecule is C=CCCc1ccccc1NC(=O)N1CCCC1c1cnn(C)c1. The lowest BCUT2D eigenvalue weighted by molar-refractivity contribution is 0.207. The van der Waals surface area contributed by atoms with Crippen molar-refractivity contribution < 1.29 is 4.79 Å². The number of amides is 2. The van der Waals surface area contributed by atoms with Crippen molar-refractivity contribution in [1.82, 2.24) is 14.7 Å². The Kier molecular flexibility index (Phi) is 4.99. The summed E-state index contributed by atoms with van der Waals surface area (Å²) in [6, 6.07) is 8.05. The van der Waals surface area contributed by atoms with Crippen molar-refractivity contribution in [3.63, 3.8) is 0 Å². The number of carbonyl (C=O) groups is 1. The summed E-state index contributed by atoms with van der Waals surface area (Å²) in [6.07, 6.45) is 9.53. The molecule has 1 unspecified atom stereocenters. The van der Waals surface area contributed by atoms with Crippen molar-refractivity contribution >= 4 is 11.7 Å². The summed E-state index contributed by atoms with van der Waals surface area (Å²) in [7, 11) is 1.90. The Morgan fingerprint density at radius 1 is 1.46 bits per heavy atom. The van der Waals surface area contributed by atoms with E-state index >= 15 is 0 Å². The fraction of sp³-hybridized carbons (Fsp3) is 0.368. The lowest BCUT2D eigenvalue weighted by atomic mass is 10.1. The van der Waals surface area contributed by atoms with E-state index in [0.717, 1.165) is 49.0 Å². The van der Waals surface area contributed by atoms with E-state index in [4.69, 9.17) is 0 Å². The summed E-state index contributed by atoms with van der Waals surface area (Å²) < 4.78 is 1.79. The van der Waals surface area contributed by atoms with Crippen LogP contribution in [0, 0.1) is 0 Å². The van der Waals surface area contributed by atoms with Gasteiger partial charge in [-0.2, -0.15) is 5.10 Å². The molecule has 0 spiro atoms. The first kappa shape index (κ1) is 16.3. The molecule has 1 aromatic heterocycles. The molecule has 5 heteroatoms. The van der Waals surface area contributed by atoms with Gasteiger partial charge in [0.2, 0.25) is 0 Å². The number of para-hydroxylation sites is 1. The number of benzene rings is 1. The van der Waals surface area contributed by atoms with Crippen LogP contribution in [0.3, 0.4) is 0 Å². The summed E-state index contributed by atoms with van der Waals surface area (Å²) in [4.78, 5) is 14.7. The highest BCUT2D eigenvalue weighted by molar-refractivity contribution is 5.90. The molecular weight excluding hydrogens is 300 g/mol. The Labute approximate surface area is 143 Å². The zero-order valence-corrected chi connectivity index (χ0v) is 14.1. The second kappa shape index (κ2) is 7.34. The van der Waals surface area contributed by atoms with Gasteiger partial charge >= 0.3 is 6.03 Å². The molecule has 1 atom stereocenters. The van der Waals surface area contributed by atoms with Crippen LogP contribution in [0.25, 0.3) is 0 Å². The highest BCUT2D eigenvalue weighted by Crippen LogP contribution is 2.32. The van der Waals surface area contributed by atoms with Crippen LogP contribution in [-0.4, -0.2) is 27.3 Å². The van der Waals surface area contributed by atoms with Crippen LogP contribution in [0.2, 0.25) is 0 Å². The quantitative estimate of drug-likeness (QED) is 0.848. The van der Waals surface area contributed by atoms with Crippen LogP contribution in [0.5, 0.6) is 0 Å². The van der Waals surface area contributed by atoms with Gasteiger partial charge in [-0.3, -0.25) is 4.68 Å². The van der Waals surface area contributed by atoms with Crippen molar-refractivity contribution in [3.8, 4) is 0 Å². The van der Waals surface area contributed by atoms with Gasteiger partial charge in [0.1, 0.15) is 0 Å². The molecule has 1 fully saturated rings. The highest BCUT2D eigenvalue weighted by Gasteiger charge is 2.31. The molecule has 2 amide bonds. The lowest BCUT2D eigenvalue weighted by Gasteiger charge is -2.25. The van der Waals surface area contributed by atoms with Gasteiger partial charge < -0.3 is 10.2 Å². The van der Waals surface area contributed by atoms with E-state index in [2.05, 4.69) is 23.1 Å². The van der Waals surface area contributed by atoms with E-state index in [1.807, 2.05) is 48.6 Å². The van der Waals surface area contributed by atoms with Gasteiger partial charge in [0, 0.05) is 31.0 Å². The van der Waals surface area contributed by atoms with E-state index in [9.17, 15) is 4.79 Å². The molecule has 1 aromatic carbocycles. The third kappa shape index (κ3) is 3.50. The molecule has 0 aliphatic carbocycles. The first-order chi connectivity index (χ1) is 11.7. The zero-order chi connectivity index (χ0) is 16.9. The molecule has 1 aliphatic rings. The van der Waals surface area contributed by atoms with Gasteiger partial charge in [0.15, 0.2) is 0 Å². The smallest absolute Gasteiger partial charge is 0.317 e. The van der Waals surface area contributed by atoms with E-state index in [1.54, 1.807) is 4.68 Å². The van der Waals surface area contributed by atoms with Gasteiger partial charge in [-0.1, -0.05) is 24.3 Å². The number of likely N-dealkylation sites (tertiary alicyclic amines) is 1. The Balaban J connectivity index is 1.73. The minimum absolute atomic E-state index is 0.0348. The number of urea groups is 1. The van der Waals surface area contributed by atoms with Crippen LogP contribution in [0.4, 0.5) is 10.5 Å². The average molecular weight is 324 g/mol. The normalized spacial score (nSPS) is 17.0. The van der Waals surface area contributed by atoms with Crippen LogP contribution < -0.4 is 5.32 Å².